The number of allylic oxidation sites excluding steroid dienone is 1. The highest BCUT2D eigenvalue weighted by Gasteiger charge is 2.34. The summed E-state index contributed by atoms with van der Waals surface area (Å²) in [6.07, 6.45) is 6.47. The number of hydrogen-bond donors (Lipinski definition) is 1. The maximum absolute atomic E-state index is 12.0. The second-order valence-corrected chi connectivity index (χ2v) is 5.10. The van der Waals surface area contributed by atoms with Crippen molar-refractivity contribution in [2.24, 2.45) is 5.73 Å². The lowest BCUT2D eigenvalue weighted by Gasteiger charge is -2.33. The van der Waals surface area contributed by atoms with E-state index in [-0.39, 0.29) is 6.04 Å². The quantitative estimate of drug-likeness (QED) is 0.848. The number of urea groups is 1. The maximum Gasteiger partial charge on any atom is 0.319 e. The molecule has 0 saturated carbocycles. The third kappa shape index (κ3) is 2.31. The zero-order chi connectivity index (χ0) is 14.8. The molecule has 1 atom stereocenters. The van der Waals surface area contributed by atoms with Gasteiger partial charge in [0.15, 0.2) is 0 Å². The van der Waals surface area contributed by atoms with Crippen LogP contribution in [0.5, 0.6) is 0 Å². The maximum atomic E-state index is 12.0. The average Bonchev–Trinajstić information content (AvgIpc) is 2.62. The van der Waals surface area contributed by atoms with Crippen LogP contribution < -0.4 is 10.6 Å². The van der Waals surface area contributed by atoms with Gasteiger partial charge in [0, 0.05) is 11.1 Å². The zero-order valence-electron chi connectivity index (χ0n) is 11.5. The molecule has 5 heteroatoms. The first kappa shape index (κ1) is 13.4. The summed E-state index contributed by atoms with van der Waals surface area (Å²) >= 11 is 0. The number of anilines is 1. The number of carbonyl (C=O) groups is 2. The van der Waals surface area contributed by atoms with Crippen molar-refractivity contribution in [2.45, 2.75) is 25.3 Å². The third-order valence-electron chi connectivity index (χ3n) is 3.90. The molecule has 2 aliphatic rings. The predicted molar refractivity (Wildman–Crippen MR) is 79.4 cm³/mol. The molecule has 0 saturated heterocycles. The SMILES string of the molecule is NC(=O)N1c2ccccc2C=C(OC=O)C2=CCCCC21. The summed E-state index contributed by atoms with van der Waals surface area (Å²) in [5.74, 6) is 0.492. The number of amides is 2. The molecule has 3 rings (SSSR count). The van der Waals surface area contributed by atoms with E-state index in [1.807, 2.05) is 30.3 Å². The summed E-state index contributed by atoms with van der Waals surface area (Å²) in [7, 11) is 0. The van der Waals surface area contributed by atoms with Crippen LogP contribution >= 0.6 is 0 Å². The molecule has 5 nitrogen and oxygen atoms in total. The standard InChI is InChI=1S/C16H16N2O3/c17-16(20)18-13-7-3-1-5-11(13)9-15(21-10-19)12-6-2-4-8-14(12)18/h1,3,5-7,9-10,14H,2,4,8H2,(H2,17,20). The molecule has 1 aromatic rings. The van der Waals surface area contributed by atoms with Gasteiger partial charge in [-0.05, 0) is 31.4 Å². The van der Waals surface area contributed by atoms with E-state index in [0.717, 1.165) is 36.1 Å². The molecule has 1 aliphatic heterocycles. The van der Waals surface area contributed by atoms with Crippen LogP contribution in [0.2, 0.25) is 0 Å². The van der Waals surface area contributed by atoms with Crippen LogP contribution in [0.15, 0.2) is 41.7 Å². The molecule has 1 aliphatic carbocycles. The number of para-hydroxylation sites is 1. The van der Waals surface area contributed by atoms with Crippen molar-refractivity contribution in [2.75, 3.05) is 4.90 Å². The summed E-state index contributed by atoms with van der Waals surface area (Å²) in [6.45, 7) is 0.418. The Hall–Kier alpha value is -2.56. The van der Waals surface area contributed by atoms with Crippen molar-refractivity contribution >= 4 is 24.3 Å². The molecule has 108 valence electrons. The van der Waals surface area contributed by atoms with Crippen molar-refractivity contribution < 1.29 is 14.3 Å². The number of carbonyl (C=O) groups excluding carboxylic acids is 2. The van der Waals surface area contributed by atoms with Gasteiger partial charge in [0.2, 0.25) is 0 Å². The minimum Gasteiger partial charge on any atom is -0.428 e. The molecule has 2 amide bonds. The fraction of sp³-hybridized carbons (Fsp3) is 0.250. The molecule has 0 fully saturated rings. The van der Waals surface area contributed by atoms with Crippen LogP contribution in [-0.4, -0.2) is 18.5 Å². The number of nitrogens with zero attached hydrogens (tertiary/aromatic N) is 1. The van der Waals surface area contributed by atoms with E-state index in [0.29, 0.717) is 12.2 Å². The molecule has 1 heterocycles. The van der Waals surface area contributed by atoms with Crippen molar-refractivity contribution in [3.8, 4) is 0 Å². The smallest absolute Gasteiger partial charge is 0.319 e. The Morgan fingerprint density at radius 3 is 2.95 bits per heavy atom. The topological polar surface area (TPSA) is 72.6 Å². The van der Waals surface area contributed by atoms with Crippen LogP contribution in [0.25, 0.3) is 6.08 Å². The van der Waals surface area contributed by atoms with Gasteiger partial charge in [0.1, 0.15) is 5.76 Å². The molecule has 1 unspecified atom stereocenters. The molecular formula is C16H16N2O3. The van der Waals surface area contributed by atoms with Gasteiger partial charge in [-0.1, -0.05) is 24.3 Å². The molecule has 2 N–H and O–H groups in total. The fourth-order valence-electron chi connectivity index (χ4n) is 3.04. The monoisotopic (exact) mass is 284 g/mol. The lowest BCUT2D eigenvalue weighted by molar-refractivity contribution is -0.124. The molecule has 21 heavy (non-hydrogen) atoms. The van der Waals surface area contributed by atoms with E-state index in [1.54, 1.807) is 11.0 Å². The number of ether oxygens (including phenoxy) is 1. The molecule has 1 aromatic carbocycles. The molecule has 0 spiro atoms. The molecule has 0 radical (unpaired) electrons. The van der Waals surface area contributed by atoms with Gasteiger partial charge >= 0.3 is 6.03 Å². The molecule has 0 bridgehead atoms. The largest absolute Gasteiger partial charge is 0.428 e. The van der Waals surface area contributed by atoms with Crippen LogP contribution in [0, 0.1) is 0 Å². The minimum absolute atomic E-state index is 0.189. The van der Waals surface area contributed by atoms with Gasteiger partial charge in [-0.15, -0.1) is 0 Å². The van der Waals surface area contributed by atoms with E-state index in [4.69, 9.17) is 10.5 Å². The van der Waals surface area contributed by atoms with Crippen molar-refractivity contribution in [3.63, 3.8) is 0 Å². The molecular weight excluding hydrogens is 268 g/mol. The first-order valence-corrected chi connectivity index (χ1v) is 6.92. The number of benzene rings is 1. The normalized spacial score (nSPS) is 20.4. The van der Waals surface area contributed by atoms with E-state index in [1.165, 1.54) is 0 Å². The number of nitrogens with two attached hydrogens (primary N) is 1. The Bertz CT molecular complexity index is 649. The van der Waals surface area contributed by atoms with Crippen LogP contribution in [0.4, 0.5) is 10.5 Å². The number of hydrogen-bond acceptors (Lipinski definition) is 3. The summed E-state index contributed by atoms with van der Waals surface area (Å²) in [5.41, 5.74) is 8.01. The number of fused-ring (bicyclic) bond motifs is 2. The van der Waals surface area contributed by atoms with Crippen LogP contribution in [-0.2, 0) is 9.53 Å². The van der Waals surface area contributed by atoms with E-state index >= 15 is 0 Å². The van der Waals surface area contributed by atoms with Crippen LogP contribution in [0.1, 0.15) is 24.8 Å². The van der Waals surface area contributed by atoms with Crippen LogP contribution in [0.3, 0.4) is 0 Å². The Morgan fingerprint density at radius 2 is 2.19 bits per heavy atom. The lowest BCUT2D eigenvalue weighted by atomic mass is 9.92. The van der Waals surface area contributed by atoms with Gasteiger partial charge in [-0.3, -0.25) is 9.69 Å². The first-order valence-electron chi connectivity index (χ1n) is 6.92. The van der Waals surface area contributed by atoms with Crippen molar-refractivity contribution in [3.05, 3.63) is 47.2 Å². The van der Waals surface area contributed by atoms with Crippen molar-refractivity contribution in [1.29, 1.82) is 0 Å². The second-order valence-electron chi connectivity index (χ2n) is 5.10. The Labute approximate surface area is 122 Å². The predicted octanol–water partition coefficient (Wildman–Crippen LogP) is 2.58. The molecule has 0 aromatic heterocycles. The number of rotatable bonds is 2. The van der Waals surface area contributed by atoms with Gasteiger partial charge in [-0.25, -0.2) is 4.79 Å². The Balaban J connectivity index is 2.21. The van der Waals surface area contributed by atoms with E-state index < -0.39 is 6.03 Å². The highest BCUT2D eigenvalue weighted by molar-refractivity contribution is 5.96. The summed E-state index contributed by atoms with van der Waals surface area (Å²) < 4.78 is 5.15. The van der Waals surface area contributed by atoms with Gasteiger partial charge in [0.25, 0.3) is 6.47 Å². The lowest BCUT2D eigenvalue weighted by Crippen LogP contribution is -2.45. The van der Waals surface area contributed by atoms with E-state index in [2.05, 4.69) is 0 Å². The Morgan fingerprint density at radius 1 is 1.38 bits per heavy atom. The summed E-state index contributed by atoms with van der Waals surface area (Å²) in [4.78, 5) is 24.4. The fourth-order valence-corrected chi connectivity index (χ4v) is 3.04. The third-order valence-corrected chi connectivity index (χ3v) is 3.90. The highest BCUT2D eigenvalue weighted by Crippen LogP contribution is 2.38. The first-order chi connectivity index (χ1) is 10.2. The Kier molecular flexibility index (Phi) is 3.48. The van der Waals surface area contributed by atoms with Crippen molar-refractivity contribution in [1.82, 2.24) is 0 Å². The van der Waals surface area contributed by atoms with Gasteiger partial charge in [0.05, 0.1) is 11.7 Å². The average molecular weight is 284 g/mol. The second kappa shape index (κ2) is 5.44. The minimum atomic E-state index is -0.499. The van der Waals surface area contributed by atoms with Gasteiger partial charge < -0.3 is 10.5 Å². The highest BCUT2D eigenvalue weighted by atomic mass is 16.5. The van der Waals surface area contributed by atoms with E-state index in [9.17, 15) is 9.59 Å². The van der Waals surface area contributed by atoms with Gasteiger partial charge in [-0.2, -0.15) is 0 Å². The summed E-state index contributed by atoms with van der Waals surface area (Å²) in [6, 6.07) is 6.77. The number of primary amides is 1. The summed E-state index contributed by atoms with van der Waals surface area (Å²) in [5, 5.41) is 0. The zero-order valence-corrected chi connectivity index (χ0v) is 11.5.